The van der Waals surface area contributed by atoms with E-state index in [0.29, 0.717) is 16.4 Å². The molecule has 0 spiro atoms. The Morgan fingerprint density at radius 1 is 1.60 bits per heavy atom. The van der Waals surface area contributed by atoms with Crippen molar-refractivity contribution < 1.29 is 14.3 Å². The summed E-state index contributed by atoms with van der Waals surface area (Å²) in [5.74, 6) is 0.101. The summed E-state index contributed by atoms with van der Waals surface area (Å²) in [6, 6.07) is 3.29. The van der Waals surface area contributed by atoms with Gasteiger partial charge in [-0.25, -0.2) is 4.39 Å². The molecule has 1 heterocycles. The first-order chi connectivity index (χ1) is 7.20. The Labute approximate surface area is 90.0 Å². The smallest absolute Gasteiger partial charge is 0.145 e. The molecule has 0 fully saturated rings. The van der Waals surface area contributed by atoms with E-state index in [0.717, 1.165) is 6.29 Å². The van der Waals surface area contributed by atoms with Crippen molar-refractivity contribution >= 4 is 23.1 Å². The Hall–Kier alpha value is -1.36. The second-order valence-corrected chi connectivity index (χ2v) is 4.12. The zero-order chi connectivity index (χ0) is 10.8. The maximum absolute atomic E-state index is 12.9. The minimum atomic E-state index is -0.430. The average molecular weight is 225 g/mol. The molecule has 1 N–H and O–H groups in total. The molecule has 0 aliphatic carbocycles. The predicted octanol–water partition coefficient (Wildman–Crippen LogP) is 1.59. The molecule has 0 radical (unpaired) electrons. The molecular weight excluding hydrogens is 217 g/mol. The van der Waals surface area contributed by atoms with E-state index < -0.39 is 5.82 Å². The van der Waals surface area contributed by atoms with E-state index in [9.17, 15) is 14.3 Å². The van der Waals surface area contributed by atoms with Gasteiger partial charge in [-0.2, -0.15) is 0 Å². The first kappa shape index (κ1) is 10.2. The molecule has 0 saturated heterocycles. The van der Waals surface area contributed by atoms with Crippen LogP contribution in [-0.2, 0) is 4.79 Å². The number of aromatic hydroxyl groups is 1. The summed E-state index contributed by atoms with van der Waals surface area (Å²) in [6.45, 7) is 0. The van der Waals surface area contributed by atoms with Crippen LogP contribution in [0.3, 0.4) is 0 Å². The minimum absolute atomic E-state index is 0.0193. The molecule has 0 unspecified atom stereocenters. The summed E-state index contributed by atoms with van der Waals surface area (Å²) in [5, 5.41) is 10.0. The summed E-state index contributed by atoms with van der Waals surface area (Å²) in [4.78, 5) is 14.5. The van der Waals surface area contributed by atoms with Crippen LogP contribution in [0.15, 0.2) is 23.2 Å². The van der Waals surface area contributed by atoms with Gasteiger partial charge in [-0.3, -0.25) is 4.99 Å². The van der Waals surface area contributed by atoms with E-state index in [-0.39, 0.29) is 11.8 Å². The number of aldehydes is 1. The van der Waals surface area contributed by atoms with Gasteiger partial charge in [0.2, 0.25) is 0 Å². The monoisotopic (exact) mass is 225 g/mol. The summed E-state index contributed by atoms with van der Waals surface area (Å²) in [5.41, 5.74) is 0.351. The molecule has 0 aromatic heterocycles. The second-order valence-electron chi connectivity index (χ2n) is 3.11. The molecule has 1 aliphatic rings. The predicted molar refractivity (Wildman–Crippen MR) is 56.9 cm³/mol. The van der Waals surface area contributed by atoms with Crippen molar-refractivity contribution in [1.29, 1.82) is 0 Å². The molecule has 1 aromatic carbocycles. The molecule has 0 saturated carbocycles. The number of benzene rings is 1. The lowest BCUT2D eigenvalue weighted by Crippen LogP contribution is -2.03. The number of nitrogens with zero attached hydrogens (tertiary/aromatic N) is 1. The topological polar surface area (TPSA) is 49.7 Å². The third-order valence-electron chi connectivity index (χ3n) is 2.02. The number of phenols is 1. The van der Waals surface area contributed by atoms with Gasteiger partial charge in [-0.15, -0.1) is 11.8 Å². The largest absolute Gasteiger partial charge is 0.507 e. The Balaban J connectivity index is 2.38. The quantitative estimate of drug-likeness (QED) is 0.777. The van der Waals surface area contributed by atoms with E-state index in [2.05, 4.69) is 4.99 Å². The normalized spacial score (nSPS) is 20.1. The maximum atomic E-state index is 12.9. The number of halogens is 1. The lowest BCUT2D eigenvalue weighted by molar-refractivity contribution is -0.108. The summed E-state index contributed by atoms with van der Waals surface area (Å²) < 4.78 is 12.9. The fourth-order valence-corrected chi connectivity index (χ4v) is 2.30. The number of hydrogen-bond donors (Lipinski definition) is 1. The molecule has 1 atom stereocenters. The third-order valence-corrected chi connectivity index (χ3v) is 3.13. The number of hydrogen-bond acceptors (Lipinski definition) is 4. The minimum Gasteiger partial charge on any atom is -0.507 e. The van der Waals surface area contributed by atoms with Crippen molar-refractivity contribution in [2.24, 2.45) is 4.99 Å². The molecule has 1 aromatic rings. The number of carbonyl (C=O) groups is 1. The van der Waals surface area contributed by atoms with E-state index in [1.165, 1.54) is 30.0 Å². The van der Waals surface area contributed by atoms with Crippen molar-refractivity contribution in [3.05, 3.63) is 29.6 Å². The van der Waals surface area contributed by atoms with Crippen LogP contribution in [0.5, 0.6) is 5.75 Å². The van der Waals surface area contributed by atoms with Gasteiger partial charge in [-0.05, 0) is 18.2 Å². The first-order valence-electron chi connectivity index (χ1n) is 4.35. The van der Waals surface area contributed by atoms with Crippen molar-refractivity contribution in [3.63, 3.8) is 0 Å². The van der Waals surface area contributed by atoms with Crippen molar-refractivity contribution in [1.82, 2.24) is 0 Å². The van der Waals surface area contributed by atoms with E-state index in [1.54, 1.807) is 0 Å². The molecule has 78 valence electrons. The van der Waals surface area contributed by atoms with Crippen LogP contribution < -0.4 is 0 Å². The lowest BCUT2D eigenvalue weighted by atomic mass is 10.2. The molecule has 3 nitrogen and oxygen atoms in total. The van der Waals surface area contributed by atoms with Gasteiger partial charge in [0.05, 0.1) is 5.56 Å². The SMILES string of the molecule is O=C[C@@H]1CSC(c2cc(F)ccc2O)=N1. The number of thioether (sulfide) groups is 1. The van der Waals surface area contributed by atoms with Gasteiger partial charge in [0.15, 0.2) is 0 Å². The van der Waals surface area contributed by atoms with Crippen LogP contribution in [0.1, 0.15) is 5.56 Å². The number of aliphatic imine (C=N–C) groups is 1. The Morgan fingerprint density at radius 2 is 2.40 bits per heavy atom. The highest BCUT2D eigenvalue weighted by molar-refractivity contribution is 8.14. The number of carbonyl (C=O) groups excluding carboxylic acids is 1. The van der Waals surface area contributed by atoms with Gasteiger partial charge in [0, 0.05) is 5.75 Å². The van der Waals surface area contributed by atoms with Crippen LogP contribution in [0, 0.1) is 5.82 Å². The van der Waals surface area contributed by atoms with Gasteiger partial charge in [0.1, 0.15) is 28.9 Å². The molecule has 5 heteroatoms. The van der Waals surface area contributed by atoms with Crippen molar-refractivity contribution in [2.45, 2.75) is 6.04 Å². The van der Waals surface area contributed by atoms with E-state index in [1.807, 2.05) is 0 Å². The van der Waals surface area contributed by atoms with E-state index >= 15 is 0 Å². The van der Waals surface area contributed by atoms with Crippen molar-refractivity contribution in [3.8, 4) is 5.75 Å². The Kier molecular flexibility index (Phi) is 2.73. The standard InChI is InChI=1S/C10H8FNO2S/c11-6-1-2-9(14)8(3-6)10-12-7(4-13)5-15-10/h1-4,7,14H,5H2/t7-/m1/s1. The zero-order valence-electron chi connectivity index (χ0n) is 7.68. The third kappa shape index (κ3) is 2.02. The fraction of sp³-hybridized carbons (Fsp3) is 0.200. The molecule has 1 aliphatic heterocycles. The average Bonchev–Trinajstić information content (AvgIpc) is 2.70. The number of phenolic OH excluding ortho intramolecular Hbond substituents is 1. The van der Waals surface area contributed by atoms with Crippen LogP contribution in [0.25, 0.3) is 0 Å². The fourth-order valence-electron chi connectivity index (χ4n) is 1.29. The maximum Gasteiger partial charge on any atom is 0.145 e. The Morgan fingerprint density at radius 3 is 3.07 bits per heavy atom. The number of rotatable bonds is 2. The highest BCUT2D eigenvalue weighted by Gasteiger charge is 2.20. The molecule has 15 heavy (non-hydrogen) atoms. The van der Waals surface area contributed by atoms with Crippen LogP contribution >= 0.6 is 11.8 Å². The van der Waals surface area contributed by atoms with Gasteiger partial charge >= 0.3 is 0 Å². The summed E-state index contributed by atoms with van der Waals surface area (Å²) >= 11 is 1.34. The van der Waals surface area contributed by atoms with Crippen molar-refractivity contribution in [2.75, 3.05) is 5.75 Å². The van der Waals surface area contributed by atoms with Crippen LogP contribution in [0.2, 0.25) is 0 Å². The second kappa shape index (κ2) is 4.02. The first-order valence-corrected chi connectivity index (χ1v) is 5.34. The van der Waals surface area contributed by atoms with Crippen LogP contribution in [0.4, 0.5) is 4.39 Å². The van der Waals surface area contributed by atoms with Gasteiger partial charge < -0.3 is 9.90 Å². The van der Waals surface area contributed by atoms with E-state index in [4.69, 9.17) is 0 Å². The summed E-state index contributed by atoms with van der Waals surface area (Å²) in [7, 11) is 0. The van der Waals surface area contributed by atoms with Gasteiger partial charge in [0.25, 0.3) is 0 Å². The lowest BCUT2D eigenvalue weighted by Gasteiger charge is -2.02. The molecule has 2 rings (SSSR count). The highest BCUT2D eigenvalue weighted by Crippen LogP contribution is 2.28. The Bertz CT molecular complexity index is 433. The zero-order valence-corrected chi connectivity index (χ0v) is 8.50. The molecule has 0 amide bonds. The summed E-state index contributed by atoms with van der Waals surface area (Å²) in [6.07, 6.45) is 0.746. The van der Waals surface area contributed by atoms with Gasteiger partial charge in [-0.1, -0.05) is 0 Å². The highest BCUT2D eigenvalue weighted by atomic mass is 32.2. The molecule has 0 bridgehead atoms. The van der Waals surface area contributed by atoms with Crippen LogP contribution in [-0.4, -0.2) is 28.2 Å². The molecular formula is C10H8FNO2S.